The summed E-state index contributed by atoms with van der Waals surface area (Å²) in [5.41, 5.74) is -5.15. The van der Waals surface area contributed by atoms with E-state index >= 15 is 4.39 Å². The van der Waals surface area contributed by atoms with E-state index in [9.17, 15) is 28.2 Å². The third kappa shape index (κ3) is 5.61. The molecule has 0 aliphatic rings. The number of pyridine rings is 2. The van der Waals surface area contributed by atoms with E-state index in [0.717, 1.165) is 23.8 Å². The molecule has 1 atom stereocenters. The van der Waals surface area contributed by atoms with Crippen LogP contribution >= 0.6 is 0 Å². The molecular formula is C29H27F4N3O4. The Labute approximate surface area is 227 Å². The van der Waals surface area contributed by atoms with Gasteiger partial charge in [-0.25, -0.2) is 22.5 Å². The number of halogens is 4. The Bertz CT molecular complexity index is 1570. The molecule has 0 spiro atoms. The maximum atomic E-state index is 15.4. The zero-order valence-corrected chi connectivity index (χ0v) is 22.1. The number of carbonyl (C=O) groups excluding carboxylic acids is 1. The van der Waals surface area contributed by atoms with Gasteiger partial charge in [-0.2, -0.15) is 0 Å². The summed E-state index contributed by atoms with van der Waals surface area (Å²) < 4.78 is 63.1. The highest BCUT2D eigenvalue weighted by atomic mass is 19.3. The normalized spacial score (nSPS) is 13.4. The number of methoxy groups -OCH3 is 1. The zero-order valence-electron chi connectivity index (χ0n) is 22.1. The standard InChI is InChI=1S/C29H27F4N3O4/c1-15-9-17-10-18(11-21(40-4)24(17)34-13-15)26(37)35-14-29(39,27(32)33)22-12-20(28(2,3)38)23(31)25(36-22)16-5-7-19(30)8-6-16/h5-13,27,38-39H,14H2,1-4H3,(H,35,37)/t29-/m1/s1. The van der Waals surface area contributed by atoms with Crippen LogP contribution in [0.15, 0.2) is 54.7 Å². The van der Waals surface area contributed by atoms with Crippen molar-refractivity contribution >= 4 is 16.8 Å². The first-order chi connectivity index (χ1) is 18.7. The number of hydrogen-bond donors (Lipinski definition) is 3. The number of aliphatic hydroxyl groups is 2. The van der Waals surface area contributed by atoms with Gasteiger partial charge in [-0.3, -0.25) is 9.78 Å². The van der Waals surface area contributed by atoms with Gasteiger partial charge in [0.2, 0.25) is 0 Å². The molecule has 40 heavy (non-hydrogen) atoms. The SMILES string of the molecule is COc1cc(C(=O)NC[C@@](O)(c2cc(C(C)(C)O)c(F)c(-c3ccc(F)cc3)n2)C(F)F)cc2cc(C)cnc12. The fourth-order valence-corrected chi connectivity index (χ4v) is 4.21. The van der Waals surface area contributed by atoms with Crippen LogP contribution in [0.2, 0.25) is 0 Å². The van der Waals surface area contributed by atoms with Crippen molar-refractivity contribution in [3.05, 3.63) is 88.7 Å². The Hall–Kier alpha value is -4.09. The molecular weight excluding hydrogens is 530 g/mol. The van der Waals surface area contributed by atoms with Crippen LogP contribution in [-0.2, 0) is 11.2 Å². The molecule has 2 heterocycles. The van der Waals surface area contributed by atoms with E-state index < -0.39 is 58.7 Å². The first kappa shape index (κ1) is 28.9. The summed E-state index contributed by atoms with van der Waals surface area (Å²) in [4.78, 5) is 21.3. The molecule has 0 unspecified atom stereocenters. The number of alkyl halides is 2. The first-order valence-corrected chi connectivity index (χ1v) is 12.2. The lowest BCUT2D eigenvalue weighted by molar-refractivity contribution is -0.101. The summed E-state index contributed by atoms with van der Waals surface area (Å²) >= 11 is 0. The monoisotopic (exact) mass is 557 g/mol. The zero-order chi connectivity index (χ0) is 29.4. The molecule has 0 fully saturated rings. The lowest BCUT2D eigenvalue weighted by Gasteiger charge is -2.30. The maximum Gasteiger partial charge on any atom is 0.274 e. The molecule has 0 aliphatic heterocycles. The topological polar surface area (TPSA) is 105 Å². The van der Waals surface area contributed by atoms with Gasteiger partial charge >= 0.3 is 0 Å². The Balaban J connectivity index is 1.75. The second-order valence-electron chi connectivity index (χ2n) is 9.95. The minimum absolute atomic E-state index is 0.0269. The number of fused-ring (bicyclic) bond motifs is 1. The average Bonchev–Trinajstić information content (AvgIpc) is 2.90. The Kier molecular flexibility index (Phi) is 7.82. The smallest absolute Gasteiger partial charge is 0.274 e. The molecule has 4 aromatic rings. The minimum atomic E-state index is -3.49. The summed E-state index contributed by atoms with van der Waals surface area (Å²) in [5.74, 6) is -2.17. The van der Waals surface area contributed by atoms with Gasteiger partial charge in [0.15, 0.2) is 11.4 Å². The second-order valence-corrected chi connectivity index (χ2v) is 9.95. The summed E-state index contributed by atoms with van der Waals surface area (Å²) in [5, 5.41) is 24.6. The van der Waals surface area contributed by atoms with Gasteiger partial charge in [-0.05, 0) is 74.9 Å². The quantitative estimate of drug-likeness (QED) is 0.264. The van der Waals surface area contributed by atoms with Crippen molar-refractivity contribution in [1.82, 2.24) is 15.3 Å². The lowest BCUT2D eigenvalue weighted by atomic mass is 9.90. The molecule has 0 radical (unpaired) electrons. The largest absolute Gasteiger partial charge is 0.494 e. The van der Waals surface area contributed by atoms with Crippen LogP contribution in [0, 0.1) is 18.6 Å². The van der Waals surface area contributed by atoms with Crippen LogP contribution in [0.4, 0.5) is 17.6 Å². The molecule has 11 heteroatoms. The van der Waals surface area contributed by atoms with Gasteiger partial charge in [0, 0.05) is 28.3 Å². The van der Waals surface area contributed by atoms with Gasteiger partial charge in [-0.1, -0.05) is 0 Å². The first-order valence-electron chi connectivity index (χ1n) is 12.2. The van der Waals surface area contributed by atoms with Gasteiger partial charge in [0.25, 0.3) is 12.3 Å². The summed E-state index contributed by atoms with van der Waals surface area (Å²) in [6.45, 7) is 3.27. The Morgan fingerprint density at radius 3 is 2.35 bits per heavy atom. The number of aryl methyl sites for hydroxylation is 1. The molecule has 3 N–H and O–H groups in total. The fourth-order valence-electron chi connectivity index (χ4n) is 4.21. The number of carbonyl (C=O) groups is 1. The van der Waals surface area contributed by atoms with Crippen molar-refractivity contribution < 1.29 is 37.3 Å². The van der Waals surface area contributed by atoms with Crippen LogP contribution in [-0.4, -0.2) is 46.2 Å². The number of nitrogens with one attached hydrogen (secondary N) is 1. The molecule has 210 valence electrons. The summed E-state index contributed by atoms with van der Waals surface area (Å²) in [7, 11) is 1.40. The highest BCUT2D eigenvalue weighted by molar-refractivity contribution is 6.00. The van der Waals surface area contributed by atoms with E-state index in [1.807, 2.05) is 6.92 Å². The maximum absolute atomic E-state index is 15.4. The van der Waals surface area contributed by atoms with Crippen LogP contribution in [0.3, 0.4) is 0 Å². The average molecular weight is 558 g/mol. The molecule has 0 saturated carbocycles. The molecule has 0 bridgehead atoms. The van der Waals surface area contributed by atoms with Crippen molar-refractivity contribution in [2.45, 2.75) is 38.4 Å². The van der Waals surface area contributed by atoms with E-state index in [4.69, 9.17) is 4.74 Å². The van der Waals surface area contributed by atoms with E-state index in [-0.39, 0.29) is 16.9 Å². The molecule has 1 amide bonds. The van der Waals surface area contributed by atoms with Gasteiger partial charge in [0.05, 0.1) is 24.9 Å². The van der Waals surface area contributed by atoms with Crippen LogP contribution in [0.1, 0.15) is 41.0 Å². The Morgan fingerprint density at radius 2 is 1.75 bits per heavy atom. The molecule has 2 aromatic carbocycles. The third-order valence-electron chi connectivity index (χ3n) is 6.42. The number of aromatic nitrogens is 2. The van der Waals surface area contributed by atoms with Crippen molar-refractivity contribution in [3.8, 4) is 17.0 Å². The van der Waals surface area contributed by atoms with Crippen molar-refractivity contribution in [3.63, 3.8) is 0 Å². The fraction of sp³-hybridized carbons (Fsp3) is 0.276. The number of nitrogens with zero attached hydrogens (tertiary/aromatic N) is 2. The predicted octanol–water partition coefficient (Wildman–Crippen LogP) is 5.00. The third-order valence-corrected chi connectivity index (χ3v) is 6.42. The predicted molar refractivity (Wildman–Crippen MR) is 140 cm³/mol. The lowest BCUT2D eigenvalue weighted by Crippen LogP contribution is -2.47. The molecule has 0 saturated heterocycles. The van der Waals surface area contributed by atoms with Gasteiger partial charge < -0.3 is 20.3 Å². The number of ether oxygens (including phenoxy) is 1. The van der Waals surface area contributed by atoms with Crippen LogP contribution < -0.4 is 10.1 Å². The molecule has 2 aromatic heterocycles. The number of rotatable bonds is 8. The van der Waals surface area contributed by atoms with Crippen molar-refractivity contribution in [2.75, 3.05) is 13.7 Å². The number of amides is 1. The molecule has 4 rings (SSSR count). The van der Waals surface area contributed by atoms with Gasteiger partial charge in [-0.15, -0.1) is 0 Å². The Morgan fingerprint density at radius 1 is 1.07 bits per heavy atom. The summed E-state index contributed by atoms with van der Waals surface area (Å²) in [6, 6.07) is 9.92. The van der Waals surface area contributed by atoms with Crippen LogP contribution in [0.25, 0.3) is 22.2 Å². The van der Waals surface area contributed by atoms with Crippen molar-refractivity contribution in [2.24, 2.45) is 0 Å². The summed E-state index contributed by atoms with van der Waals surface area (Å²) in [6.07, 6.45) is -1.86. The minimum Gasteiger partial charge on any atom is -0.494 e. The van der Waals surface area contributed by atoms with Crippen molar-refractivity contribution in [1.29, 1.82) is 0 Å². The molecule has 0 aliphatic carbocycles. The van der Waals surface area contributed by atoms with E-state index in [1.54, 1.807) is 12.3 Å². The molecule has 7 nitrogen and oxygen atoms in total. The van der Waals surface area contributed by atoms with Gasteiger partial charge in [0.1, 0.15) is 22.8 Å². The number of benzene rings is 2. The van der Waals surface area contributed by atoms with E-state index in [2.05, 4.69) is 15.3 Å². The highest BCUT2D eigenvalue weighted by Gasteiger charge is 2.43. The van der Waals surface area contributed by atoms with Crippen LogP contribution in [0.5, 0.6) is 5.75 Å². The van der Waals surface area contributed by atoms with E-state index in [0.29, 0.717) is 10.9 Å². The van der Waals surface area contributed by atoms with E-state index in [1.165, 1.54) is 45.2 Å². The number of hydrogen-bond acceptors (Lipinski definition) is 6. The highest BCUT2D eigenvalue weighted by Crippen LogP contribution is 2.36. The second kappa shape index (κ2) is 10.8.